The molecule has 27 heavy (non-hydrogen) atoms. The number of terminal acetylenes is 1. The number of halogens is 1. The van der Waals surface area contributed by atoms with E-state index < -0.39 is 0 Å². The first kappa shape index (κ1) is 19.3. The lowest BCUT2D eigenvalue weighted by molar-refractivity contribution is -0.115. The Morgan fingerprint density at radius 3 is 2.56 bits per heavy atom. The Labute approximate surface area is 171 Å². The van der Waals surface area contributed by atoms with Crippen molar-refractivity contribution in [2.75, 3.05) is 6.61 Å². The van der Waals surface area contributed by atoms with E-state index >= 15 is 0 Å². The molecule has 4 nitrogen and oxygen atoms in total. The average molecular weight is 441 g/mol. The molecule has 1 fully saturated rings. The van der Waals surface area contributed by atoms with E-state index in [-0.39, 0.29) is 12.5 Å². The van der Waals surface area contributed by atoms with Gasteiger partial charge < -0.3 is 10.1 Å². The normalized spacial score (nSPS) is 16.4. The summed E-state index contributed by atoms with van der Waals surface area (Å²) < 4.78 is 6.42. The van der Waals surface area contributed by atoms with Gasteiger partial charge >= 0.3 is 0 Å². The number of aliphatic imine (C=N–C) groups is 1. The fourth-order valence-corrected chi connectivity index (χ4v) is 3.59. The van der Waals surface area contributed by atoms with Gasteiger partial charge in [0.05, 0.1) is 10.6 Å². The van der Waals surface area contributed by atoms with Crippen LogP contribution in [0.4, 0.5) is 5.69 Å². The molecule has 1 saturated heterocycles. The summed E-state index contributed by atoms with van der Waals surface area (Å²) in [7, 11) is 0. The van der Waals surface area contributed by atoms with Gasteiger partial charge in [-0.2, -0.15) is 0 Å². The number of nitrogens with one attached hydrogen (secondary N) is 1. The fraction of sp³-hybridized carbons (Fsp3) is 0.143. The lowest BCUT2D eigenvalue weighted by Gasteiger charge is -2.04. The van der Waals surface area contributed by atoms with Crippen LogP contribution in [0.1, 0.15) is 16.7 Å². The highest BCUT2D eigenvalue weighted by molar-refractivity contribution is 9.10. The molecule has 0 unspecified atom stereocenters. The SMILES string of the molecule is C#CCOc1ccc(/C=C2\SC(=Nc3cc(C)c(Br)c(C)c3)NC2=O)cc1. The number of carbonyl (C=O) groups is 1. The minimum absolute atomic E-state index is 0.156. The van der Waals surface area contributed by atoms with Crippen LogP contribution in [0.25, 0.3) is 6.08 Å². The van der Waals surface area contributed by atoms with E-state index in [0.717, 1.165) is 26.9 Å². The molecule has 0 atom stereocenters. The molecular weight excluding hydrogens is 424 g/mol. The molecule has 0 bridgehead atoms. The molecule has 1 heterocycles. The summed E-state index contributed by atoms with van der Waals surface area (Å²) in [5.41, 5.74) is 3.92. The van der Waals surface area contributed by atoms with E-state index in [0.29, 0.717) is 15.8 Å². The standard InChI is InChI=1S/C21H17BrN2O2S/c1-4-9-26-17-7-5-15(6-8-17)12-18-20(25)24-21(27-18)23-16-10-13(2)19(22)14(3)11-16/h1,5-8,10-12H,9H2,2-3H3,(H,23,24,25)/b18-12-. The minimum Gasteiger partial charge on any atom is -0.481 e. The van der Waals surface area contributed by atoms with Crippen molar-refractivity contribution in [2.24, 2.45) is 4.99 Å². The van der Waals surface area contributed by atoms with Crippen LogP contribution in [0, 0.1) is 26.2 Å². The first-order chi connectivity index (χ1) is 13.0. The number of amidine groups is 1. The summed E-state index contributed by atoms with van der Waals surface area (Å²) in [4.78, 5) is 17.4. The maximum absolute atomic E-state index is 12.2. The van der Waals surface area contributed by atoms with Gasteiger partial charge in [-0.1, -0.05) is 34.0 Å². The van der Waals surface area contributed by atoms with Gasteiger partial charge in [-0.3, -0.25) is 4.79 Å². The van der Waals surface area contributed by atoms with E-state index in [9.17, 15) is 4.79 Å². The highest BCUT2D eigenvalue weighted by Gasteiger charge is 2.23. The molecular formula is C21H17BrN2O2S. The van der Waals surface area contributed by atoms with Crippen molar-refractivity contribution in [3.05, 3.63) is 62.5 Å². The minimum atomic E-state index is -0.156. The molecule has 1 aliphatic heterocycles. The first-order valence-corrected chi connectivity index (χ1v) is 9.80. The zero-order valence-corrected chi connectivity index (χ0v) is 17.3. The number of aryl methyl sites for hydroxylation is 2. The Morgan fingerprint density at radius 1 is 1.26 bits per heavy atom. The summed E-state index contributed by atoms with van der Waals surface area (Å²) in [6.45, 7) is 4.26. The zero-order chi connectivity index (χ0) is 19.4. The third-order valence-corrected chi connectivity index (χ3v) is 5.96. The molecule has 2 aromatic carbocycles. The second-order valence-electron chi connectivity index (χ2n) is 5.94. The molecule has 0 saturated carbocycles. The summed E-state index contributed by atoms with van der Waals surface area (Å²) in [6.07, 6.45) is 7.00. The van der Waals surface area contributed by atoms with Crippen molar-refractivity contribution in [1.29, 1.82) is 0 Å². The van der Waals surface area contributed by atoms with Crippen LogP contribution < -0.4 is 10.1 Å². The van der Waals surface area contributed by atoms with Crippen LogP contribution in [-0.2, 0) is 4.79 Å². The average Bonchev–Trinajstić information content (AvgIpc) is 2.98. The van der Waals surface area contributed by atoms with Crippen LogP contribution in [0.5, 0.6) is 5.75 Å². The largest absolute Gasteiger partial charge is 0.481 e. The monoisotopic (exact) mass is 440 g/mol. The Morgan fingerprint density at radius 2 is 1.93 bits per heavy atom. The topological polar surface area (TPSA) is 50.7 Å². The quantitative estimate of drug-likeness (QED) is 0.539. The fourth-order valence-electron chi connectivity index (χ4n) is 2.52. The van der Waals surface area contributed by atoms with Crippen molar-refractivity contribution < 1.29 is 9.53 Å². The number of amides is 1. The smallest absolute Gasteiger partial charge is 0.264 e. The van der Waals surface area contributed by atoms with Crippen LogP contribution in [-0.4, -0.2) is 17.7 Å². The molecule has 1 aliphatic rings. The molecule has 1 amide bonds. The van der Waals surface area contributed by atoms with Crippen LogP contribution in [0.2, 0.25) is 0 Å². The van der Waals surface area contributed by atoms with Crippen molar-refractivity contribution >= 4 is 50.5 Å². The van der Waals surface area contributed by atoms with E-state index in [4.69, 9.17) is 11.2 Å². The van der Waals surface area contributed by atoms with Crippen molar-refractivity contribution in [2.45, 2.75) is 13.8 Å². The van der Waals surface area contributed by atoms with Gasteiger partial charge in [0, 0.05) is 4.47 Å². The lowest BCUT2D eigenvalue weighted by Crippen LogP contribution is -2.19. The van der Waals surface area contributed by atoms with Gasteiger partial charge in [-0.25, -0.2) is 4.99 Å². The number of hydrogen-bond donors (Lipinski definition) is 1. The van der Waals surface area contributed by atoms with Crippen LogP contribution >= 0.6 is 27.7 Å². The third-order valence-electron chi connectivity index (χ3n) is 3.80. The van der Waals surface area contributed by atoms with Crippen LogP contribution in [0.3, 0.4) is 0 Å². The highest BCUT2D eigenvalue weighted by atomic mass is 79.9. The highest BCUT2D eigenvalue weighted by Crippen LogP contribution is 2.31. The van der Waals surface area contributed by atoms with Gasteiger partial charge in [0.2, 0.25) is 0 Å². The Hall–Kier alpha value is -2.49. The Bertz CT molecular complexity index is 965. The molecule has 0 aromatic heterocycles. The van der Waals surface area contributed by atoms with Crippen molar-refractivity contribution in [3.8, 4) is 18.1 Å². The number of ether oxygens (including phenoxy) is 1. The summed E-state index contributed by atoms with van der Waals surface area (Å²) >= 11 is 4.87. The Balaban J connectivity index is 1.77. The summed E-state index contributed by atoms with van der Waals surface area (Å²) in [5.74, 6) is 2.96. The molecule has 2 aromatic rings. The van der Waals surface area contributed by atoms with E-state index in [2.05, 4.69) is 32.2 Å². The van der Waals surface area contributed by atoms with Gasteiger partial charge in [0.15, 0.2) is 5.17 Å². The van der Waals surface area contributed by atoms with Gasteiger partial charge in [0.25, 0.3) is 5.91 Å². The second-order valence-corrected chi connectivity index (χ2v) is 7.76. The molecule has 0 radical (unpaired) electrons. The number of benzene rings is 2. The Kier molecular flexibility index (Phi) is 6.04. The number of rotatable bonds is 4. The molecule has 136 valence electrons. The predicted octanol–water partition coefficient (Wildman–Crippen LogP) is 4.97. The van der Waals surface area contributed by atoms with Crippen molar-refractivity contribution in [1.82, 2.24) is 5.32 Å². The maximum atomic E-state index is 12.2. The first-order valence-electron chi connectivity index (χ1n) is 8.19. The zero-order valence-electron chi connectivity index (χ0n) is 14.9. The molecule has 1 N–H and O–H groups in total. The number of nitrogens with zero attached hydrogens (tertiary/aromatic N) is 1. The van der Waals surface area contributed by atoms with Crippen molar-refractivity contribution in [3.63, 3.8) is 0 Å². The van der Waals surface area contributed by atoms with Gasteiger partial charge in [-0.15, -0.1) is 6.42 Å². The predicted molar refractivity (Wildman–Crippen MR) is 115 cm³/mol. The van der Waals surface area contributed by atoms with E-state index in [1.165, 1.54) is 11.8 Å². The van der Waals surface area contributed by atoms with Gasteiger partial charge in [0.1, 0.15) is 12.4 Å². The van der Waals surface area contributed by atoms with E-state index in [1.807, 2.05) is 56.3 Å². The third kappa shape index (κ3) is 4.82. The van der Waals surface area contributed by atoms with Gasteiger partial charge in [-0.05, 0) is 72.6 Å². The van der Waals surface area contributed by atoms with Crippen LogP contribution in [0.15, 0.2) is 50.8 Å². The molecule has 6 heteroatoms. The molecule has 0 spiro atoms. The summed E-state index contributed by atoms with van der Waals surface area (Å²) in [5, 5.41) is 3.38. The second kappa shape index (κ2) is 8.47. The number of carbonyl (C=O) groups excluding carboxylic acids is 1. The molecule has 3 rings (SSSR count). The lowest BCUT2D eigenvalue weighted by atomic mass is 10.1. The maximum Gasteiger partial charge on any atom is 0.264 e. The number of hydrogen-bond acceptors (Lipinski definition) is 4. The van der Waals surface area contributed by atoms with E-state index in [1.54, 1.807) is 0 Å². The molecule has 0 aliphatic carbocycles. The summed E-state index contributed by atoms with van der Waals surface area (Å²) in [6, 6.07) is 11.4. The number of thioether (sulfide) groups is 1.